The minimum Gasteiger partial charge on any atom is -0.478 e. The van der Waals surface area contributed by atoms with Crippen molar-refractivity contribution >= 4 is 31.9 Å². The maximum atomic E-state index is 12.7. The smallest absolute Gasteiger partial charge is 0.407 e. The number of sulfone groups is 1. The van der Waals surface area contributed by atoms with Crippen molar-refractivity contribution in [2.24, 2.45) is 0 Å². The number of aromatic carboxylic acids is 1. The number of aryl methyl sites for hydroxylation is 1. The number of carboxylic acids is 1. The third kappa shape index (κ3) is 5.17. The Morgan fingerprint density at radius 1 is 1.26 bits per heavy atom. The number of carboxylic acid groups (broad SMARTS) is 1. The second kappa shape index (κ2) is 7.82. The van der Waals surface area contributed by atoms with Crippen LogP contribution in [0.2, 0.25) is 0 Å². The largest absolute Gasteiger partial charge is 0.478 e. The van der Waals surface area contributed by atoms with Crippen LogP contribution in [0.1, 0.15) is 22.8 Å². The number of carbonyl (C=O) groups is 2. The maximum absolute atomic E-state index is 12.7. The van der Waals surface area contributed by atoms with Gasteiger partial charge in [-0.15, -0.1) is 0 Å². The molecule has 1 fully saturated rings. The molecule has 0 radical (unpaired) electrons. The van der Waals surface area contributed by atoms with E-state index in [1.807, 2.05) is 0 Å². The van der Waals surface area contributed by atoms with Gasteiger partial charge in [0, 0.05) is 0 Å². The number of alkyl carbamates (subject to hydrolysis) is 1. The summed E-state index contributed by atoms with van der Waals surface area (Å²) in [6, 6.07) is 1.49. The van der Waals surface area contributed by atoms with Gasteiger partial charge >= 0.3 is 12.1 Å². The van der Waals surface area contributed by atoms with Gasteiger partial charge in [0.15, 0.2) is 9.84 Å². The highest BCUT2D eigenvalue weighted by atomic mass is 32.2. The first-order valence-corrected chi connectivity index (χ1v) is 11.3. The predicted octanol–water partition coefficient (Wildman–Crippen LogP) is -0.117. The summed E-state index contributed by atoms with van der Waals surface area (Å²) in [4.78, 5) is 22.4. The Labute approximate surface area is 156 Å². The first-order valence-electron chi connectivity index (χ1n) is 7.95. The Morgan fingerprint density at radius 2 is 1.89 bits per heavy atom. The van der Waals surface area contributed by atoms with E-state index < -0.39 is 55.5 Å². The lowest BCUT2D eigenvalue weighted by molar-refractivity contribution is 0.0696. The van der Waals surface area contributed by atoms with Crippen LogP contribution < -0.4 is 10.0 Å². The predicted molar refractivity (Wildman–Crippen MR) is 94.8 cm³/mol. The van der Waals surface area contributed by atoms with Gasteiger partial charge in [0.05, 0.1) is 40.7 Å². The molecule has 0 unspecified atom stereocenters. The molecule has 27 heavy (non-hydrogen) atoms. The molecule has 0 aliphatic carbocycles. The summed E-state index contributed by atoms with van der Waals surface area (Å²) < 4.78 is 56.2. The van der Waals surface area contributed by atoms with Crippen molar-refractivity contribution < 1.29 is 36.3 Å². The van der Waals surface area contributed by atoms with Gasteiger partial charge in [0.1, 0.15) is 0 Å². The number of hydrogen-bond acceptors (Lipinski definition) is 7. The molecule has 0 bridgehead atoms. The van der Waals surface area contributed by atoms with Gasteiger partial charge in [0.25, 0.3) is 0 Å². The third-order valence-corrected chi connectivity index (χ3v) is 7.33. The molecule has 3 N–H and O–H groups in total. The molecule has 1 aromatic rings. The molecule has 150 valence electrons. The highest BCUT2D eigenvalue weighted by molar-refractivity contribution is 7.92. The van der Waals surface area contributed by atoms with Gasteiger partial charge in [-0.05, 0) is 31.5 Å². The summed E-state index contributed by atoms with van der Waals surface area (Å²) in [5, 5.41) is 11.4. The molecule has 0 aromatic heterocycles. The zero-order valence-corrected chi connectivity index (χ0v) is 16.3. The molecule has 1 saturated heterocycles. The molecule has 10 nitrogen and oxygen atoms in total. The molecule has 1 amide bonds. The standard InChI is InChI=1S/C15H20N2O8S2/c1-3-25-15(20)16-11-7-26(21,22)8-12(11)17-27(23,24)13-6-10(14(18)19)5-4-9(13)2/h4-6,11-12,17H,3,7-8H2,1-2H3,(H,16,20)(H,18,19)/t11-,12-/m1/s1. The molecule has 1 aliphatic heterocycles. The Morgan fingerprint density at radius 3 is 2.48 bits per heavy atom. The van der Waals surface area contributed by atoms with Crippen molar-refractivity contribution in [2.75, 3.05) is 18.1 Å². The monoisotopic (exact) mass is 420 g/mol. The van der Waals surface area contributed by atoms with Crippen LogP contribution >= 0.6 is 0 Å². The van der Waals surface area contributed by atoms with Crippen molar-refractivity contribution in [3.05, 3.63) is 29.3 Å². The molecule has 1 heterocycles. The van der Waals surface area contributed by atoms with Gasteiger partial charge in [0.2, 0.25) is 10.0 Å². The molecule has 12 heteroatoms. The summed E-state index contributed by atoms with van der Waals surface area (Å²) >= 11 is 0. The number of sulfonamides is 1. The van der Waals surface area contributed by atoms with Crippen molar-refractivity contribution in [3.8, 4) is 0 Å². The van der Waals surface area contributed by atoms with Gasteiger partial charge in [-0.25, -0.2) is 31.1 Å². The second-order valence-electron chi connectivity index (χ2n) is 6.06. The number of nitrogens with one attached hydrogen (secondary N) is 2. The van der Waals surface area contributed by atoms with Crippen LogP contribution in [0.3, 0.4) is 0 Å². The SMILES string of the molecule is CCOC(=O)N[C@@H]1CS(=O)(=O)C[C@H]1NS(=O)(=O)c1cc(C(=O)O)ccc1C. The highest BCUT2D eigenvalue weighted by Crippen LogP contribution is 2.20. The van der Waals surface area contributed by atoms with Crippen LogP contribution in [0.15, 0.2) is 23.1 Å². The quantitative estimate of drug-likeness (QED) is 0.575. The van der Waals surface area contributed by atoms with E-state index >= 15 is 0 Å². The van der Waals surface area contributed by atoms with Crippen LogP contribution in [0, 0.1) is 6.92 Å². The van der Waals surface area contributed by atoms with Crippen molar-refractivity contribution in [1.29, 1.82) is 0 Å². The molecular weight excluding hydrogens is 400 g/mol. The van der Waals surface area contributed by atoms with Gasteiger partial charge in [-0.1, -0.05) is 6.07 Å². The average molecular weight is 420 g/mol. The number of benzene rings is 1. The summed E-state index contributed by atoms with van der Waals surface area (Å²) in [6.07, 6.45) is -0.854. The normalized spacial score (nSPS) is 21.6. The van der Waals surface area contributed by atoms with Gasteiger partial charge < -0.3 is 15.2 Å². The van der Waals surface area contributed by atoms with Crippen LogP contribution in [0.25, 0.3) is 0 Å². The second-order valence-corrected chi connectivity index (χ2v) is 9.90. The molecule has 0 saturated carbocycles. The first kappa shape index (κ1) is 21.1. The Hall–Kier alpha value is -2.18. The van der Waals surface area contributed by atoms with Crippen molar-refractivity contribution in [2.45, 2.75) is 30.8 Å². The van der Waals surface area contributed by atoms with E-state index in [1.165, 1.54) is 19.1 Å². The molecule has 2 rings (SSSR count). The molecular formula is C15H20N2O8S2. The first-order chi connectivity index (χ1) is 12.4. The van der Waals surface area contributed by atoms with E-state index in [9.17, 15) is 26.4 Å². The minimum absolute atomic E-state index is 0.0723. The van der Waals surface area contributed by atoms with Crippen LogP contribution in [0.5, 0.6) is 0 Å². The summed E-state index contributed by atoms with van der Waals surface area (Å²) in [5.74, 6) is -2.23. The zero-order valence-electron chi connectivity index (χ0n) is 14.6. The lowest BCUT2D eigenvalue weighted by Gasteiger charge is -2.21. The number of rotatable bonds is 6. The number of carbonyl (C=O) groups excluding carboxylic acids is 1. The Kier molecular flexibility index (Phi) is 6.12. The average Bonchev–Trinajstić information content (AvgIpc) is 2.80. The molecule has 1 aromatic carbocycles. The van der Waals surface area contributed by atoms with Gasteiger partial charge in [-0.2, -0.15) is 0 Å². The van der Waals surface area contributed by atoms with Crippen LogP contribution in [-0.4, -0.2) is 64.2 Å². The molecule has 2 atom stereocenters. The number of amides is 1. The minimum atomic E-state index is -4.23. The summed E-state index contributed by atoms with van der Waals surface area (Å²) in [6.45, 7) is 3.13. The Balaban J connectivity index is 2.30. The zero-order chi connectivity index (χ0) is 20.4. The van der Waals surface area contributed by atoms with Crippen molar-refractivity contribution in [1.82, 2.24) is 10.0 Å². The van der Waals surface area contributed by atoms with E-state index in [0.717, 1.165) is 6.07 Å². The van der Waals surface area contributed by atoms with E-state index in [-0.39, 0.29) is 17.1 Å². The van der Waals surface area contributed by atoms with E-state index in [2.05, 4.69) is 10.0 Å². The summed E-state index contributed by atoms with van der Waals surface area (Å²) in [7, 11) is -7.81. The lowest BCUT2D eigenvalue weighted by Crippen LogP contribution is -2.51. The molecule has 1 aliphatic rings. The third-order valence-electron chi connectivity index (χ3n) is 3.96. The van der Waals surface area contributed by atoms with Gasteiger partial charge in [-0.3, -0.25) is 0 Å². The van der Waals surface area contributed by atoms with E-state index in [1.54, 1.807) is 6.92 Å². The topological polar surface area (TPSA) is 156 Å². The highest BCUT2D eigenvalue weighted by Gasteiger charge is 2.41. The van der Waals surface area contributed by atoms with Crippen molar-refractivity contribution in [3.63, 3.8) is 0 Å². The Bertz CT molecular complexity index is 956. The fourth-order valence-corrected chi connectivity index (χ4v) is 6.23. The van der Waals surface area contributed by atoms with Crippen LogP contribution in [-0.2, 0) is 24.6 Å². The van der Waals surface area contributed by atoms with E-state index in [0.29, 0.717) is 5.56 Å². The van der Waals surface area contributed by atoms with Crippen LogP contribution in [0.4, 0.5) is 4.79 Å². The number of ether oxygens (including phenoxy) is 1. The lowest BCUT2D eigenvalue weighted by atomic mass is 10.1. The fourth-order valence-electron chi connectivity index (χ4n) is 2.72. The molecule has 0 spiro atoms. The van der Waals surface area contributed by atoms with E-state index in [4.69, 9.17) is 9.84 Å². The number of hydrogen-bond donors (Lipinski definition) is 3. The summed E-state index contributed by atoms with van der Waals surface area (Å²) in [5.41, 5.74) is 0.0736. The fraction of sp³-hybridized carbons (Fsp3) is 0.467. The maximum Gasteiger partial charge on any atom is 0.407 e.